The van der Waals surface area contributed by atoms with Crippen molar-refractivity contribution in [2.45, 2.75) is 25.3 Å². The molecule has 1 aliphatic rings. The zero-order chi connectivity index (χ0) is 10.8. The van der Waals surface area contributed by atoms with Gasteiger partial charge in [-0.25, -0.2) is 8.78 Å². The first-order valence-electron chi connectivity index (χ1n) is 5.04. The molecule has 1 aliphatic heterocycles. The fourth-order valence-corrected chi connectivity index (χ4v) is 2.16. The Morgan fingerprint density at radius 2 is 2.07 bits per heavy atom. The number of benzene rings is 1. The van der Waals surface area contributed by atoms with Crippen molar-refractivity contribution >= 4 is 11.6 Å². The topological polar surface area (TPSA) is 12.0 Å². The van der Waals surface area contributed by atoms with Crippen molar-refractivity contribution in [2.24, 2.45) is 0 Å². The van der Waals surface area contributed by atoms with Gasteiger partial charge in [0.15, 0.2) is 0 Å². The van der Waals surface area contributed by atoms with Crippen LogP contribution >= 0.6 is 11.6 Å². The van der Waals surface area contributed by atoms with Crippen molar-refractivity contribution in [3.63, 3.8) is 0 Å². The highest BCUT2D eigenvalue weighted by atomic mass is 35.5. The van der Waals surface area contributed by atoms with E-state index in [1.165, 1.54) is 0 Å². The molecule has 1 aromatic carbocycles. The highest BCUT2D eigenvalue weighted by Gasteiger charge is 2.19. The van der Waals surface area contributed by atoms with Crippen LogP contribution in [0.1, 0.15) is 18.4 Å². The largest absolute Gasteiger partial charge is 0.314 e. The molecular weight excluding hydrogens is 220 g/mol. The second-order valence-electron chi connectivity index (χ2n) is 3.82. The molecule has 0 spiro atoms. The first kappa shape index (κ1) is 10.8. The SMILES string of the molecule is Fc1ccc(F)c(CC2CCCN2)c1Cl. The van der Waals surface area contributed by atoms with Crippen molar-refractivity contribution in [2.75, 3.05) is 6.54 Å². The molecule has 1 unspecified atom stereocenters. The molecule has 0 radical (unpaired) electrons. The smallest absolute Gasteiger partial charge is 0.142 e. The molecule has 0 saturated carbocycles. The second-order valence-corrected chi connectivity index (χ2v) is 4.20. The van der Waals surface area contributed by atoms with E-state index in [1.807, 2.05) is 0 Å². The fourth-order valence-electron chi connectivity index (χ4n) is 1.93. The lowest BCUT2D eigenvalue weighted by Gasteiger charge is -2.12. The number of nitrogens with one attached hydrogen (secondary N) is 1. The van der Waals surface area contributed by atoms with Crippen molar-refractivity contribution in [1.29, 1.82) is 0 Å². The third-order valence-corrected chi connectivity index (χ3v) is 3.16. The quantitative estimate of drug-likeness (QED) is 0.772. The van der Waals surface area contributed by atoms with Crippen LogP contribution in [-0.2, 0) is 6.42 Å². The van der Waals surface area contributed by atoms with Gasteiger partial charge in [-0.05, 0) is 37.9 Å². The standard InChI is InChI=1S/C11H12ClF2N/c12-11-8(6-7-2-1-5-15-7)9(13)3-4-10(11)14/h3-4,7,15H,1-2,5-6H2. The Hall–Kier alpha value is -0.670. The molecule has 82 valence electrons. The lowest BCUT2D eigenvalue weighted by molar-refractivity contribution is 0.549. The summed E-state index contributed by atoms with van der Waals surface area (Å²) in [4.78, 5) is 0. The Kier molecular flexibility index (Phi) is 3.22. The minimum Gasteiger partial charge on any atom is -0.314 e. The number of halogens is 3. The van der Waals surface area contributed by atoms with Gasteiger partial charge in [0, 0.05) is 11.6 Å². The lowest BCUT2D eigenvalue weighted by atomic mass is 10.0. The van der Waals surface area contributed by atoms with Gasteiger partial charge in [0.25, 0.3) is 0 Å². The van der Waals surface area contributed by atoms with Gasteiger partial charge in [-0.2, -0.15) is 0 Å². The molecule has 4 heteroatoms. The summed E-state index contributed by atoms with van der Waals surface area (Å²) in [5, 5.41) is 3.15. The Labute approximate surface area is 92.4 Å². The number of rotatable bonds is 2. The Balaban J connectivity index is 2.22. The first-order chi connectivity index (χ1) is 7.18. The molecule has 1 aromatic rings. The van der Waals surface area contributed by atoms with Gasteiger partial charge < -0.3 is 5.32 Å². The van der Waals surface area contributed by atoms with E-state index in [0.717, 1.165) is 31.5 Å². The van der Waals surface area contributed by atoms with E-state index < -0.39 is 11.6 Å². The van der Waals surface area contributed by atoms with E-state index >= 15 is 0 Å². The molecule has 15 heavy (non-hydrogen) atoms. The van der Waals surface area contributed by atoms with Gasteiger partial charge in [-0.1, -0.05) is 11.6 Å². The zero-order valence-corrected chi connectivity index (χ0v) is 8.95. The van der Waals surface area contributed by atoms with Gasteiger partial charge in [0.05, 0.1) is 5.02 Å². The van der Waals surface area contributed by atoms with Crippen LogP contribution in [0.2, 0.25) is 5.02 Å². The first-order valence-corrected chi connectivity index (χ1v) is 5.42. The maximum atomic E-state index is 13.4. The number of hydrogen-bond donors (Lipinski definition) is 1. The summed E-state index contributed by atoms with van der Waals surface area (Å²) < 4.78 is 26.5. The van der Waals surface area contributed by atoms with E-state index in [0.29, 0.717) is 6.42 Å². The van der Waals surface area contributed by atoms with Gasteiger partial charge in [0.1, 0.15) is 11.6 Å². The molecule has 1 fully saturated rings. The van der Waals surface area contributed by atoms with Crippen molar-refractivity contribution in [3.05, 3.63) is 34.4 Å². The maximum absolute atomic E-state index is 13.4. The van der Waals surface area contributed by atoms with Crippen LogP contribution in [0, 0.1) is 11.6 Å². The van der Waals surface area contributed by atoms with Gasteiger partial charge in [0.2, 0.25) is 0 Å². The summed E-state index contributed by atoms with van der Waals surface area (Å²) >= 11 is 5.73. The monoisotopic (exact) mass is 231 g/mol. The van der Waals surface area contributed by atoms with E-state index in [1.54, 1.807) is 0 Å². The van der Waals surface area contributed by atoms with Gasteiger partial charge in [-0.15, -0.1) is 0 Å². The van der Waals surface area contributed by atoms with E-state index in [2.05, 4.69) is 5.32 Å². The minimum absolute atomic E-state index is 0.0799. The zero-order valence-electron chi connectivity index (χ0n) is 8.19. The second kappa shape index (κ2) is 4.45. The molecule has 2 rings (SSSR count). The molecule has 1 nitrogen and oxygen atoms in total. The van der Waals surface area contributed by atoms with Crippen LogP contribution in [0.25, 0.3) is 0 Å². The third kappa shape index (κ3) is 2.29. The lowest BCUT2D eigenvalue weighted by Crippen LogP contribution is -2.24. The summed E-state index contributed by atoms with van der Waals surface area (Å²) in [6.07, 6.45) is 2.54. The predicted octanol–water partition coefficient (Wildman–Crippen LogP) is 2.91. The molecule has 1 saturated heterocycles. The molecule has 0 aromatic heterocycles. The van der Waals surface area contributed by atoms with Crippen LogP contribution in [0.15, 0.2) is 12.1 Å². The van der Waals surface area contributed by atoms with E-state index in [-0.39, 0.29) is 16.6 Å². The summed E-state index contributed by atoms with van der Waals surface area (Å²) in [7, 11) is 0. The van der Waals surface area contributed by atoms with Crippen molar-refractivity contribution in [3.8, 4) is 0 Å². The van der Waals surface area contributed by atoms with Crippen LogP contribution in [-0.4, -0.2) is 12.6 Å². The van der Waals surface area contributed by atoms with Crippen LogP contribution in [0.3, 0.4) is 0 Å². The maximum Gasteiger partial charge on any atom is 0.142 e. The van der Waals surface area contributed by atoms with Crippen LogP contribution in [0.5, 0.6) is 0 Å². The Bertz CT molecular complexity index is 362. The van der Waals surface area contributed by atoms with Gasteiger partial charge in [-0.3, -0.25) is 0 Å². The van der Waals surface area contributed by atoms with E-state index in [9.17, 15) is 8.78 Å². The summed E-state index contributed by atoms with van der Waals surface area (Å²) in [6, 6.07) is 2.41. The normalized spacial score (nSPS) is 20.9. The molecule has 0 aliphatic carbocycles. The van der Waals surface area contributed by atoms with Crippen molar-refractivity contribution < 1.29 is 8.78 Å². The summed E-state index contributed by atoms with van der Waals surface area (Å²) in [5.74, 6) is -0.971. The fraction of sp³-hybridized carbons (Fsp3) is 0.455. The predicted molar refractivity (Wildman–Crippen MR) is 56.1 cm³/mol. The highest BCUT2D eigenvalue weighted by Crippen LogP contribution is 2.25. The summed E-state index contributed by atoms with van der Waals surface area (Å²) in [5.41, 5.74) is 0.288. The molecule has 0 amide bonds. The summed E-state index contributed by atoms with van der Waals surface area (Å²) in [6.45, 7) is 0.944. The Morgan fingerprint density at radius 3 is 2.73 bits per heavy atom. The molecule has 0 bridgehead atoms. The van der Waals surface area contributed by atoms with Crippen LogP contribution in [0.4, 0.5) is 8.78 Å². The van der Waals surface area contributed by atoms with E-state index in [4.69, 9.17) is 11.6 Å². The number of hydrogen-bond acceptors (Lipinski definition) is 1. The van der Waals surface area contributed by atoms with Crippen LogP contribution < -0.4 is 5.32 Å². The Morgan fingerprint density at radius 1 is 1.33 bits per heavy atom. The highest BCUT2D eigenvalue weighted by molar-refractivity contribution is 6.31. The van der Waals surface area contributed by atoms with Gasteiger partial charge >= 0.3 is 0 Å². The third-order valence-electron chi connectivity index (χ3n) is 2.75. The molecule has 1 heterocycles. The molecular formula is C11H12ClF2N. The minimum atomic E-state index is -0.550. The average Bonchev–Trinajstić information content (AvgIpc) is 2.71. The van der Waals surface area contributed by atoms with Crippen molar-refractivity contribution in [1.82, 2.24) is 5.32 Å². The molecule has 1 N–H and O–H groups in total. The average molecular weight is 232 g/mol. The molecule has 1 atom stereocenters.